The number of ether oxygens (including phenoxy) is 1. The maximum atomic E-state index is 12.1. The van der Waals surface area contributed by atoms with Crippen molar-refractivity contribution in [1.29, 1.82) is 0 Å². The minimum absolute atomic E-state index is 0.330. The van der Waals surface area contributed by atoms with Crippen LogP contribution in [0.5, 0.6) is 0 Å². The SMILES string of the molecule is Cc1noc(-c2ccc(C(=O)OC(C)(C)C)c(C)c2)n1. The van der Waals surface area contributed by atoms with Crippen molar-refractivity contribution >= 4 is 5.97 Å². The molecule has 0 N–H and O–H groups in total. The molecule has 0 spiro atoms. The van der Waals surface area contributed by atoms with E-state index in [-0.39, 0.29) is 5.97 Å². The van der Waals surface area contributed by atoms with Crippen LogP contribution in [0.4, 0.5) is 0 Å². The Morgan fingerprint density at radius 3 is 2.45 bits per heavy atom. The molecule has 2 rings (SSSR count). The topological polar surface area (TPSA) is 65.2 Å². The van der Waals surface area contributed by atoms with Crippen molar-refractivity contribution in [3.8, 4) is 11.5 Å². The lowest BCUT2D eigenvalue weighted by atomic mass is 10.0. The molecule has 20 heavy (non-hydrogen) atoms. The summed E-state index contributed by atoms with van der Waals surface area (Å²) in [5.74, 6) is 0.693. The molecular weight excluding hydrogens is 256 g/mol. The van der Waals surface area contributed by atoms with Crippen LogP contribution in [-0.4, -0.2) is 21.7 Å². The van der Waals surface area contributed by atoms with E-state index in [1.807, 2.05) is 33.8 Å². The number of hydrogen-bond acceptors (Lipinski definition) is 5. The monoisotopic (exact) mass is 274 g/mol. The van der Waals surface area contributed by atoms with Gasteiger partial charge in [-0.05, 0) is 58.4 Å². The second-order valence-electron chi connectivity index (χ2n) is 5.68. The van der Waals surface area contributed by atoms with Crippen molar-refractivity contribution in [2.24, 2.45) is 0 Å². The molecule has 2 aromatic rings. The molecule has 0 saturated carbocycles. The van der Waals surface area contributed by atoms with Gasteiger partial charge in [0.1, 0.15) is 5.60 Å². The molecule has 0 saturated heterocycles. The van der Waals surface area contributed by atoms with E-state index in [4.69, 9.17) is 9.26 Å². The predicted molar refractivity (Wildman–Crippen MR) is 74.4 cm³/mol. The number of benzene rings is 1. The van der Waals surface area contributed by atoms with E-state index in [1.165, 1.54) is 0 Å². The molecule has 106 valence electrons. The van der Waals surface area contributed by atoms with Crippen LogP contribution in [0.15, 0.2) is 22.7 Å². The summed E-state index contributed by atoms with van der Waals surface area (Å²) in [4.78, 5) is 16.2. The molecule has 5 nitrogen and oxygen atoms in total. The number of aromatic nitrogens is 2. The Morgan fingerprint density at radius 1 is 1.25 bits per heavy atom. The Labute approximate surface area is 118 Å². The fraction of sp³-hybridized carbons (Fsp3) is 0.400. The van der Waals surface area contributed by atoms with Crippen LogP contribution >= 0.6 is 0 Å². The Morgan fingerprint density at radius 2 is 1.95 bits per heavy atom. The molecule has 0 aliphatic carbocycles. The summed E-state index contributed by atoms with van der Waals surface area (Å²) >= 11 is 0. The molecule has 0 unspecified atom stereocenters. The van der Waals surface area contributed by atoms with Crippen LogP contribution < -0.4 is 0 Å². The molecule has 1 aromatic heterocycles. The van der Waals surface area contributed by atoms with E-state index in [0.717, 1.165) is 11.1 Å². The van der Waals surface area contributed by atoms with Crippen molar-refractivity contribution in [3.63, 3.8) is 0 Å². The van der Waals surface area contributed by atoms with Gasteiger partial charge in [0.25, 0.3) is 5.89 Å². The number of nitrogens with zero attached hydrogens (tertiary/aromatic N) is 2. The van der Waals surface area contributed by atoms with E-state index in [0.29, 0.717) is 17.3 Å². The first kappa shape index (κ1) is 14.2. The Balaban J connectivity index is 2.28. The third kappa shape index (κ3) is 3.23. The van der Waals surface area contributed by atoms with Crippen LogP contribution in [0.3, 0.4) is 0 Å². The van der Waals surface area contributed by atoms with E-state index in [1.54, 1.807) is 19.1 Å². The molecule has 0 bridgehead atoms. The zero-order valence-corrected chi connectivity index (χ0v) is 12.4. The zero-order chi connectivity index (χ0) is 14.9. The minimum atomic E-state index is -0.508. The fourth-order valence-electron chi connectivity index (χ4n) is 1.77. The third-order valence-electron chi connectivity index (χ3n) is 2.62. The molecule has 0 atom stereocenters. The summed E-state index contributed by atoms with van der Waals surface area (Å²) in [5.41, 5.74) is 1.63. The fourth-order valence-corrected chi connectivity index (χ4v) is 1.77. The molecule has 0 aliphatic heterocycles. The van der Waals surface area contributed by atoms with Crippen molar-refractivity contribution in [1.82, 2.24) is 10.1 Å². The van der Waals surface area contributed by atoms with E-state index in [2.05, 4.69) is 10.1 Å². The second-order valence-corrected chi connectivity index (χ2v) is 5.68. The minimum Gasteiger partial charge on any atom is -0.456 e. The van der Waals surface area contributed by atoms with Gasteiger partial charge in [-0.15, -0.1) is 0 Å². The van der Waals surface area contributed by atoms with Crippen LogP contribution in [0.1, 0.15) is 42.5 Å². The van der Waals surface area contributed by atoms with Gasteiger partial charge in [-0.25, -0.2) is 4.79 Å². The number of carbonyl (C=O) groups is 1. The summed E-state index contributed by atoms with van der Waals surface area (Å²) < 4.78 is 10.5. The number of carbonyl (C=O) groups excluding carboxylic acids is 1. The summed E-state index contributed by atoms with van der Waals surface area (Å²) in [6, 6.07) is 5.34. The van der Waals surface area contributed by atoms with Crippen molar-refractivity contribution in [2.75, 3.05) is 0 Å². The smallest absolute Gasteiger partial charge is 0.338 e. The lowest BCUT2D eigenvalue weighted by Crippen LogP contribution is -2.24. The summed E-state index contributed by atoms with van der Waals surface area (Å²) in [6.07, 6.45) is 0. The number of esters is 1. The van der Waals surface area contributed by atoms with E-state index < -0.39 is 5.60 Å². The molecule has 1 heterocycles. The first-order chi connectivity index (χ1) is 9.26. The molecule has 1 aromatic carbocycles. The highest BCUT2D eigenvalue weighted by atomic mass is 16.6. The van der Waals surface area contributed by atoms with Gasteiger partial charge < -0.3 is 9.26 Å². The van der Waals surface area contributed by atoms with Crippen molar-refractivity contribution in [3.05, 3.63) is 35.2 Å². The van der Waals surface area contributed by atoms with Crippen molar-refractivity contribution in [2.45, 2.75) is 40.2 Å². The molecule has 0 radical (unpaired) electrons. The normalized spacial score (nSPS) is 11.4. The Hall–Kier alpha value is -2.17. The number of rotatable bonds is 2. The summed E-state index contributed by atoms with van der Waals surface area (Å²) in [7, 11) is 0. The van der Waals surface area contributed by atoms with Gasteiger partial charge in [-0.2, -0.15) is 4.98 Å². The first-order valence-electron chi connectivity index (χ1n) is 6.41. The predicted octanol–water partition coefficient (Wildman–Crippen LogP) is 3.31. The van der Waals surface area contributed by atoms with E-state index >= 15 is 0 Å². The van der Waals surface area contributed by atoms with E-state index in [9.17, 15) is 4.79 Å². The number of aryl methyl sites for hydroxylation is 2. The van der Waals surface area contributed by atoms with Crippen molar-refractivity contribution < 1.29 is 14.1 Å². The van der Waals surface area contributed by atoms with Gasteiger partial charge >= 0.3 is 5.97 Å². The highest BCUT2D eigenvalue weighted by Crippen LogP contribution is 2.22. The largest absolute Gasteiger partial charge is 0.456 e. The Bertz CT molecular complexity index is 639. The number of hydrogen-bond donors (Lipinski definition) is 0. The summed E-state index contributed by atoms with van der Waals surface area (Å²) in [5, 5.41) is 3.75. The lowest BCUT2D eigenvalue weighted by molar-refractivity contribution is 0.00688. The second kappa shape index (κ2) is 5.07. The molecule has 0 aliphatic rings. The van der Waals surface area contributed by atoms with Gasteiger partial charge in [-0.1, -0.05) is 5.16 Å². The van der Waals surface area contributed by atoms with Crippen LogP contribution in [0.25, 0.3) is 11.5 Å². The molecule has 0 amide bonds. The quantitative estimate of drug-likeness (QED) is 0.786. The van der Waals surface area contributed by atoms with Crippen LogP contribution in [0, 0.1) is 13.8 Å². The van der Waals surface area contributed by atoms with Gasteiger partial charge in [-0.3, -0.25) is 0 Å². The Kier molecular flexibility index (Phi) is 3.61. The molecule has 5 heteroatoms. The first-order valence-corrected chi connectivity index (χ1v) is 6.41. The standard InChI is InChI=1S/C15H18N2O3/c1-9-8-11(13-16-10(2)17-20-13)6-7-12(9)14(18)19-15(3,4)5/h6-8H,1-5H3. The highest BCUT2D eigenvalue weighted by Gasteiger charge is 2.20. The maximum absolute atomic E-state index is 12.1. The maximum Gasteiger partial charge on any atom is 0.338 e. The van der Waals surface area contributed by atoms with Gasteiger partial charge in [0.15, 0.2) is 5.82 Å². The van der Waals surface area contributed by atoms with Crippen LogP contribution in [0.2, 0.25) is 0 Å². The lowest BCUT2D eigenvalue weighted by Gasteiger charge is -2.20. The molecule has 0 fully saturated rings. The average molecular weight is 274 g/mol. The van der Waals surface area contributed by atoms with Gasteiger partial charge in [0, 0.05) is 5.56 Å². The average Bonchev–Trinajstić information content (AvgIpc) is 2.73. The van der Waals surface area contributed by atoms with Gasteiger partial charge in [0.05, 0.1) is 5.56 Å². The molecular formula is C15H18N2O3. The van der Waals surface area contributed by atoms with Crippen LogP contribution in [-0.2, 0) is 4.74 Å². The highest BCUT2D eigenvalue weighted by molar-refractivity contribution is 5.91. The van der Waals surface area contributed by atoms with Gasteiger partial charge in [0.2, 0.25) is 0 Å². The third-order valence-corrected chi connectivity index (χ3v) is 2.62. The summed E-state index contributed by atoms with van der Waals surface area (Å²) in [6.45, 7) is 9.14. The zero-order valence-electron chi connectivity index (χ0n) is 12.4.